The van der Waals surface area contributed by atoms with E-state index in [2.05, 4.69) is 13.8 Å². The molecule has 0 radical (unpaired) electrons. The zero-order chi connectivity index (χ0) is 24.8. The van der Waals surface area contributed by atoms with Gasteiger partial charge in [0.1, 0.15) is 23.9 Å². The Balaban J connectivity index is 1.34. The largest absolute Gasteiger partial charge is 0.463 e. The van der Waals surface area contributed by atoms with Gasteiger partial charge in [-0.3, -0.25) is 9.59 Å². The molecule has 190 valence electrons. The lowest BCUT2D eigenvalue weighted by Crippen LogP contribution is -2.58. The molecule has 6 rings (SSSR count). The van der Waals surface area contributed by atoms with Crippen molar-refractivity contribution < 1.29 is 28.2 Å². The first kappa shape index (κ1) is 23.3. The molecule has 1 aromatic rings. The molecule has 4 aliphatic carbocycles. The van der Waals surface area contributed by atoms with Crippen molar-refractivity contribution in [1.82, 2.24) is 0 Å². The molecule has 5 aliphatic rings. The van der Waals surface area contributed by atoms with E-state index in [0.29, 0.717) is 17.8 Å². The van der Waals surface area contributed by atoms with Crippen molar-refractivity contribution >= 4 is 11.9 Å². The van der Waals surface area contributed by atoms with E-state index in [1.807, 2.05) is 6.07 Å². The molecule has 10 unspecified atom stereocenters. The molecule has 1 aromatic heterocycles. The van der Waals surface area contributed by atoms with Crippen molar-refractivity contribution in [2.75, 3.05) is 0 Å². The van der Waals surface area contributed by atoms with Crippen molar-refractivity contribution in [3.05, 3.63) is 34.4 Å². The van der Waals surface area contributed by atoms with Crippen LogP contribution in [0.1, 0.15) is 84.1 Å². The van der Waals surface area contributed by atoms with Gasteiger partial charge in [0.15, 0.2) is 0 Å². The molecule has 1 aliphatic heterocycles. The quantitative estimate of drug-likeness (QED) is 0.464. The summed E-state index contributed by atoms with van der Waals surface area (Å²) in [5.41, 5.74) is 0.194. The topological polar surface area (TPSA) is 95.3 Å². The first-order chi connectivity index (χ1) is 16.6. The lowest BCUT2D eigenvalue weighted by molar-refractivity contribution is -0.166. The molecule has 5 fully saturated rings. The Hall–Kier alpha value is -2.15. The second-order valence-corrected chi connectivity index (χ2v) is 12.2. The summed E-state index contributed by atoms with van der Waals surface area (Å²) < 4.78 is 23.5. The van der Waals surface area contributed by atoms with Crippen molar-refractivity contribution in [2.24, 2.45) is 28.6 Å². The van der Waals surface area contributed by atoms with Crippen molar-refractivity contribution in [1.29, 1.82) is 0 Å². The van der Waals surface area contributed by atoms with E-state index in [9.17, 15) is 14.4 Å². The van der Waals surface area contributed by atoms with E-state index in [1.54, 1.807) is 6.26 Å². The molecule has 0 N–H and O–H groups in total. The zero-order valence-electron chi connectivity index (χ0n) is 21.1. The van der Waals surface area contributed by atoms with Gasteiger partial charge < -0.3 is 18.6 Å². The van der Waals surface area contributed by atoms with Crippen LogP contribution in [0.4, 0.5) is 0 Å². The van der Waals surface area contributed by atoms with Crippen LogP contribution < -0.4 is 5.63 Å². The Labute approximate surface area is 205 Å². The molecular formula is C28H36O7. The van der Waals surface area contributed by atoms with Crippen LogP contribution in [0.15, 0.2) is 27.6 Å². The van der Waals surface area contributed by atoms with Crippen LogP contribution in [0.3, 0.4) is 0 Å². The number of hydrogen-bond acceptors (Lipinski definition) is 7. The van der Waals surface area contributed by atoms with Gasteiger partial charge in [0.2, 0.25) is 0 Å². The molecule has 1 saturated heterocycles. The van der Waals surface area contributed by atoms with Gasteiger partial charge in [-0.15, -0.1) is 0 Å². The SMILES string of the molecule is CC(=O)OC1CCC2(C)C(CCC3C2CCC2(C)C(c4ccc(=O)oc4)C(OC(C)=O)C4OC342)C1. The van der Waals surface area contributed by atoms with E-state index >= 15 is 0 Å². The summed E-state index contributed by atoms with van der Waals surface area (Å²) in [6.45, 7) is 7.72. The molecule has 0 amide bonds. The van der Waals surface area contributed by atoms with E-state index in [-0.39, 0.29) is 58.2 Å². The molecule has 10 atom stereocenters. The zero-order valence-corrected chi connectivity index (χ0v) is 21.1. The number of epoxide rings is 1. The number of fused-ring (bicyclic) bond motifs is 3. The number of rotatable bonds is 3. The highest BCUT2D eigenvalue weighted by Gasteiger charge is 2.84. The maximum atomic E-state index is 12.1. The second-order valence-electron chi connectivity index (χ2n) is 12.2. The number of hydrogen-bond donors (Lipinski definition) is 0. The molecule has 7 heteroatoms. The number of esters is 2. The van der Waals surface area contributed by atoms with Crippen LogP contribution in [0.2, 0.25) is 0 Å². The molecule has 0 aromatic carbocycles. The first-order valence-electron chi connectivity index (χ1n) is 13.2. The fraction of sp³-hybridized carbons (Fsp3) is 0.750. The number of carbonyl (C=O) groups is 2. The van der Waals surface area contributed by atoms with E-state index in [1.165, 1.54) is 19.9 Å². The van der Waals surface area contributed by atoms with Crippen LogP contribution in [-0.2, 0) is 23.8 Å². The summed E-state index contributed by atoms with van der Waals surface area (Å²) in [6, 6.07) is 3.29. The molecule has 2 heterocycles. The monoisotopic (exact) mass is 484 g/mol. The Kier molecular flexibility index (Phi) is 5.10. The molecular weight excluding hydrogens is 448 g/mol. The summed E-state index contributed by atoms with van der Waals surface area (Å²) in [5.74, 6) is 0.922. The lowest BCUT2D eigenvalue weighted by Gasteiger charge is -2.61. The minimum absolute atomic E-state index is 0.0380. The highest BCUT2D eigenvalue weighted by Crippen LogP contribution is 2.78. The fourth-order valence-corrected chi connectivity index (χ4v) is 9.42. The Morgan fingerprint density at radius 1 is 0.971 bits per heavy atom. The van der Waals surface area contributed by atoms with E-state index in [4.69, 9.17) is 18.6 Å². The molecule has 4 saturated carbocycles. The van der Waals surface area contributed by atoms with Gasteiger partial charge in [-0.2, -0.15) is 0 Å². The average molecular weight is 485 g/mol. The van der Waals surface area contributed by atoms with Crippen molar-refractivity contribution in [3.8, 4) is 0 Å². The third kappa shape index (κ3) is 3.15. The Bertz CT molecular complexity index is 1090. The van der Waals surface area contributed by atoms with E-state index in [0.717, 1.165) is 50.5 Å². The van der Waals surface area contributed by atoms with Crippen molar-refractivity contribution in [3.63, 3.8) is 0 Å². The molecule has 1 spiro atoms. The predicted molar refractivity (Wildman–Crippen MR) is 125 cm³/mol. The highest BCUT2D eigenvalue weighted by molar-refractivity contribution is 5.67. The van der Waals surface area contributed by atoms with Crippen molar-refractivity contribution in [2.45, 2.75) is 102 Å². The minimum atomic E-state index is -0.380. The van der Waals surface area contributed by atoms with Crippen LogP contribution >= 0.6 is 0 Å². The average Bonchev–Trinajstić information content (AvgIpc) is 3.49. The summed E-state index contributed by atoms with van der Waals surface area (Å²) in [5, 5.41) is 0. The summed E-state index contributed by atoms with van der Waals surface area (Å²) in [6.07, 6.45) is 8.28. The summed E-state index contributed by atoms with van der Waals surface area (Å²) in [4.78, 5) is 35.4. The maximum absolute atomic E-state index is 12.1. The summed E-state index contributed by atoms with van der Waals surface area (Å²) in [7, 11) is 0. The lowest BCUT2D eigenvalue weighted by atomic mass is 9.44. The highest BCUT2D eigenvalue weighted by atomic mass is 16.7. The van der Waals surface area contributed by atoms with Gasteiger partial charge in [-0.1, -0.05) is 13.8 Å². The Morgan fingerprint density at radius 3 is 2.43 bits per heavy atom. The van der Waals surface area contributed by atoms with Gasteiger partial charge in [0.25, 0.3) is 0 Å². The van der Waals surface area contributed by atoms with Gasteiger partial charge in [0.05, 0.1) is 6.26 Å². The van der Waals surface area contributed by atoms with Gasteiger partial charge in [-0.05, 0) is 79.7 Å². The standard InChI is InChI=1S/C28H36O7/c1-15(29)33-19-9-11-26(3)18(13-19)6-7-21-20(26)10-12-27(4)23(17-5-8-22(31)32-14-17)24(34-16(2)30)25-28(21,27)35-25/h5,8,14,18-21,23-25H,6-7,9-13H2,1-4H3. The predicted octanol–water partition coefficient (Wildman–Crippen LogP) is 4.37. The molecule has 35 heavy (non-hydrogen) atoms. The van der Waals surface area contributed by atoms with Gasteiger partial charge in [0, 0.05) is 31.2 Å². The van der Waals surface area contributed by atoms with Gasteiger partial charge in [-0.25, -0.2) is 4.79 Å². The third-order valence-corrected chi connectivity index (χ3v) is 10.8. The Morgan fingerprint density at radius 2 is 1.74 bits per heavy atom. The van der Waals surface area contributed by atoms with E-state index < -0.39 is 0 Å². The number of ether oxygens (including phenoxy) is 3. The van der Waals surface area contributed by atoms with Crippen LogP contribution in [0.5, 0.6) is 0 Å². The second kappa shape index (κ2) is 7.67. The van der Waals surface area contributed by atoms with Crippen LogP contribution in [-0.4, -0.2) is 35.9 Å². The van der Waals surface area contributed by atoms with Crippen LogP contribution in [0, 0.1) is 28.6 Å². The minimum Gasteiger partial charge on any atom is -0.463 e. The normalized spacial score (nSPS) is 47.5. The van der Waals surface area contributed by atoms with Gasteiger partial charge >= 0.3 is 17.6 Å². The fourth-order valence-electron chi connectivity index (χ4n) is 9.42. The molecule has 7 nitrogen and oxygen atoms in total. The third-order valence-electron chi connectivity index (χ3n) is 10.8. The smallest absolute Gasteiger partial charge is 0.335 e. The first-order valence-corrected chi connectivity index (χ1v) is 13.2. The maximum Gasteiger partial charge on any atom is 0.335 e. The number of carbonyl (C=O) groups excluding carboxylic acids is 2. The van der Waals surface area contributed by atoms with Crippen LogP contribution in [0.25, 0.3) is 0 Å². The summed E-state index contributed by atoms with van der Waals surface area (Å²) >= 11 is 0. The molecule has 0 bridgehead atoms.